The molecule has 0 saturated carbocycles. The summed E-state index contributed by atoms with van der Waals surface area (Å²) < 4.78 is 5.16. The average Bonchev–Trinajstić information content (AvgIpc) is 2.29. The summed E-state index contributed by atoms with van der Waals surface area (Å²) in [6.45, 7) is 2.60. The third kappa shape index (κ3) is 3.32. The van der Waals surface area contributed by atoms with Crippen LogP contribution in [0, 0.1) is 10.1 Å². The summed E-state index contributed by atoms with van der Waals surface area (Å²) in [4.78, 5) is 10.1. The first-order chi connectivity index (χ1) is 8.10. The number of nitrogens with zero attached hydrogens (tertiary/aromatic N) is 1. The minimum atomic E-state index is -0.621. The number of aromatic hydroxyl groups is 1. The lowest BCUT2D eigenvalue weighted by atomic mass is 10.1. The lowest BCUT2D eigenvalue weighted by Crippen LogP contribution is -2.02. The minimum Gasteiger partial charge on any atom is -0.500 e. The van der Waals surface area contributed by atoms with Crippen LogP contribution in [0.5, 0.6) is 11.5 Å². The monoisotopic (exact) mass is 240 g/mol. The lowest BCUT2D eigenvalue weighted by molar-refractivity contribution is -0.386. The smallest absolute Gasteiger partial charge is 0.314 e. The van der Waals surface area contributed by atoms with Crippen molar-refractivity contribution in [1.29, 1.82) is 0 Å². The van der Waals surface area contributed by atoms with E-state index in [9.17, 15) is 15.2 Å². The molecule has 1 aromatic rings. The number of ether oxygens (including phenoxy) is 1. The van der Waals surface area contributed by atoms with E-state index in [1.165, 1.54) is 6.07 Å². The highest BCUT2D eigenvalue weighted by atomic mass is 16.6. The van der Waals surface area contributed by atoms with E-state index in [0.29, 0.717) is 19.6 Å². The molecule has 0 bridgehead atoms. The maximum Gasteiger partial charge on any atom is 0.314 e. The van der Waals surface area contributed by atoms with Crippen molar-refractivity contribution in [3.8, 4) is 11.5 Å². The Balaban J connectivity index is 3.11. The summed E-state index contributed by atoms with van der Waals surface area (Å²) in [5, 5.41) is 20.4. The molecule has 0 amide bonds. The van der Waals surface area contributed by atoms with Crippen molar-refractivity contribution in [2.24, 2.45) is 5.73 Å². The second-order valence-corrected chi connectivity index (χ2v) is 3.54. The Labute approximate surface area is 99.2 Å². The zero-order valence-corrected chi connectivity index (χ0v) is 9.68. The fraction of sp³-hybridized carbons (Fsp3) is 0.455. The molecule has 0 radical (unpaired) electrons. The zero-order valence-electron chi connectivity index (χ0n) is 9.68. The Morgan fingerprint density at radius 3 is 2.76 bits per heavy atom. The van der Waals surface area contributed by atoms with Crippen LogP contribution < -0.4 is 10.5 Å². The van der Waals surface area contributed by atoms with Gasteiger partial charge in [-0.3, -0.25) is 10.1 Å². The average molecular weight is 240 g/mol. The number of phenols is 1. The largest absolute Gasteiger partial charge is 0.500 e. The van der Waals surface area contributed by atoms with Crippen molar-refractivity contribution in [2.45, 2.75) is 19.8 Å². The molecule has 0 aliphatic carbocycles. The van der Waals surface area contributed by atoms with Crippen molar-refractivity contribution in [1.82, 2.24) is 0 Å². The van der Waals surface area contributed by atoms with Gasteiger partial charge < -0.3 is 15.6 Å². The first-order valence-electron chi connectivity index (χ1n) is 5.43. The Bertz CT molecular complexity index is 407. The standard InChI is InChI=1S/C11H16N2O4/c1-2-17-10-7-8(4-3-5-12)6-9(11(10)14)13(15)16/h6-7,14H,2-5,12H2,1H3. The topological polar surface area (TPSA) is 98.6 Å². The normalized spacial score (nSPS) is 10.2. The molecule has 94 valence electrons. The number of aryl methyl sites for hydroxylation is 1. The highest BCUT2D eigenvalue weighted by Gasteiger charge is 2.19. The SMILES string of the molecule is CCOc1cc(CCCN)cc([N+](=O)[O-])c1O. The highest BCUT2D eigenvalue weighted by molar-refractivity contribution is 5.57. The van der Waals surface area contributed by atoms with Gasteiger partial charge in [-0.25, -0.2) is 0 Å². The third-order valence-corrected chi connectivity index (χ3v) is 2.28. The maximum absolute atomic E-state index is 10.8. The van der Waals surface area contributed by atoms with Crippen LogP contribution in [0.25, 0.3) is 0 Å². The Morgan fingerprint density at radius 2 is 2.24 bits per heavy atom. The van der Waals surface area contributed by atoms with Gasteiger partial charge in [-0.2, -0.15) is 0 Å². The number of benzene rings is 1. The van der Waals surface area contributed by atoms with Crippen LogP contribution in [0.2, 0.25) is 0 Å². The van der Waals surface area contributed by atoms with Gasteiger partial charge in [0, 0.05) is 6.07 Å². The van der Waals surface area contributed by atoms with Crippen LogP contribution in [-0.2, 0) is 6.42 Å². The first kappa shape index (κ1) is 13.2. The molecule has 0 aromatic heterocycles. The van der Waals surface area contributed by atoms with E-state index in [1.54, 1.807) is 13.0 Å². The summed E-state index contributed by atoms with van der Waals surface area (Å²) in [6, 6.07) is 2.97. The van der Waals surface area contributed by atoms with E-state index in [-0.39, 0.29) is 11.4 Å². The van der Waals surface area contributed by atoms with Gasteiger partial charge in [0.15, 0.2) is 5.75 Å². The Morgan fingerprint density at radius 1 is 1.53 bits per heavy atom. The number of phenolic OH excluding ortho intramolecular Hbond substituents is 1. The fourth-order valence-corrected chi connectivity index (χ4v) is 1.50. The minimum absolute atomic E-state index is 0.147. The molecule has 17 heavy (non-hydrogen) atoms. The van der Waals surface area contributed by atoms with E-state index >= 15 is 0 Å². The predicted octanol–water partition coefficient (Wildman–Crippen LogP) is 1.59. The van der Waals surface area contributed by atoms with Gasteiger partial charge in [-0.15, -0.1) is 0 Å². The Kier molecular flexibility index (Phi) is 4.71. The summed E-state index contributed by atoms with van der Waals surface area (Å²) in [6.07, 6.45) is 1.35. The molecule has 0 aliphatic heterocycles. The second kappa shape index (κ2) is 6.05. The molecule has 0 heterocycles. The molecule has 1 rings (SSSR count). The van der Waals surface area contributed by atoms with Crippen molar-refractivity contribution < 1.29 is 14.8 Å². The molecule has 6 nitrogen and oxygen atoms in total. The summed E-state index contributed by atoms with van der Waals surface area (Å²) in [5.41, 5.74) is 5.80. The number of hydrogen-bond donors (Lipinski definition) is 2. The van der Waals surface area contributed by atoms with E-state index in [1.807, 2.05) is 0 Å². The molecule has 0 atom stereocenters. The van der Waals surface area contributed by atoms with E-state index in [4.69, 9.17) is 10.5 Å². The third-order valence-electron chi connectivity index (χ3n) is 2.28. The quantitative estimate of drug-likeness (QED) is 0.581. The van der Waals surface area contributed by atoms with Crippen LogP contribution >= 0.6 is 0 Å². The van der Waals surface area contributed by atoms with Gasteiger partial charge in [-0.05, 0) is 37.9 Å². The van der Waals surface area contributed by atoms with Crippen LogP contribution in [0.1, 0.15) is 18.9 Å². The number of nitro benzene ring substituents is 1. The molecule has 0 saturated heterocycles. The molecule has 0 aliphatic rings. The number of nitrogens with two attached hydrogens (primary N) is 1. The molecule has 1 aromatic carbocycles. The molecule has 6 heteroatoms. The number of nitro groups is 1. The van der Waals surface area contributed by atoms with Crippen LogP contribution in [-0.4, -0.2) is 23.2 Å². The van der Waals surface area contributed by atoms with Crippen molar-refractivity contribution >= 4 is 5.69 Å². The van der Waals surface area contributed by atoms with Crippen LogP contribution in [0.15, 0.2) is 12.1 Å². The van der Waals surface area contributed by atoms with E-state index < -0.39 is 10.7 Å². The van der Waals surface area contributed by atoms with Crippen LogP contribution in [0.4, 0.5) is 5.69 Å². The maximum atomic E-state index is 10.8. The first-order valence-corrected chi connectivity index (χ1v) is 5.43. The highest BCUT2D eigenvalue weighted by Crippen LogP contribution is 2.37. The number of rotatable bonds is 6. The molecule has 3 N–H and O–H groups in total. The van der Waals surface area contributed by atoms with Gasteiger partial charge in [0.1, 0.15) is 0 Å². The summed E-state index contributed by atoms with van der Waals surface area (Å²) in [7, 11) is 0. The van der Waals surface area contributed by atoms with Crippen molar-refractivity contribution in [3.63, 3.8) is 0 Å². The summed E-state index contributed by atoms with van der Waals surface area (Å²) in [5.74, 6) is -0.276. The molecule has 0 unspecified atom stereocenters. The second-order valence-electron chi connectivity index (χ2n) is 3.54. The van der Waals surface area contributed by atoms with Gasteiger partial charge in [-0.1, -0.05) is 0 Å². The zero-order chi connectivity index (χ0) is 12.8. The molecule has 0 fully saturated rings. The molecule has 0 spiro atoms. The predicted molar refractivity (Wildman–Crippen MR) is 63.3 cm³/mol. The Hall–Kier alpha value is -1.82. The van der Waals surface area contributed by atoms with Gasteiger partial charge >= 0.3 is 5.69 Å². The van der Waals surface area contributed by atoms with Gasteiger partial charge in [0.2, 0.25) is 5.75 Å². The van der Waals surface area contributed by atoms with Crippen LogP contribution in [0.3, 0.4) is 0 Å². The van der Waals surface area contributed by atoms with E-state index in [2.05, 4.69) is 0 Å². The lowest BCUT2D eigenvalue weighted by Gasteiger charge is -2.08. The molecular formula is C11H16N2O4. The molecular weight excluding hydrogens is 224 g/mol. The number of hydrogen-bond acceptors (Lipinski definition) is 5. The van der Waals surface area contributed by atoms with Gasteiger partial charge in [0.05, 0.1) is 11.5 Å². The van der Waals surface area contributed by atoms with Crippen molar-refractivity contribution in [3.05, 3.63) is 27.8 Å². The summed E-state index contributed by atoms with van der Waals surface area (Å²) >= 11 is 0. The van der Waals surface area contributed by atoms with Crippen molar-refractivity contribution in [2.75, 3.05) is 13.2 Å². The fourth-order valence-electron chi connectivity index (χ4n) is 1.50. The van der Waals surface area contributed by atoms with E-state index in [0.717, 1.165) is 12.0 Å². The van der Waals surface area contributed by atoms with Gasteiger partial charge in [0.25, 0.3) is 0 Å².